The lowest BCUT2D eigenvalue weighted by atomic mass is 10.00. The first-order chi connectivity index (χ1) is 11.0. The second kappa shape index (κ2) is 6.44. The Morgan fingerprint density at radius 3 is 2.96 bits per heavy atom. The largest absolute Gasteiger partial charge is 0.332 e. The van der Waals surface area contributed by atoms with Gasteiger partial charge in [-0.15, -0.1) is 0 Å². The third kappa shape index (κ3) is 3.38. The van der Waals surface area contributed by atoms with Crippen LogP contribution in [0.25, 0.3) is 0 Å². The number of aromatic nitrogens is 3. The van der Waals surface area contributed by atoms with Gasteiger partial charge in [-0.05, 0) is 44.4 Å². The van der Waals surface area contributed by atoms with E-state index in [-0.39, 0.29) is 23.9 Å². The highest BCUT2D eigenvalue weighted by Gasteiger charge is 2.30. The second-order valence-corrected chi connectivity index (χ2v) is 5.79. The maximum Gasteiger partial charge on any atom is 0.227 e. The molecule has 0 unspecified atom stereocenters. The summed E-state index contributed by atoms with van der Waals surface area (Å²) in [7, 11) is 0. The standard InChI is InChI=1S/C16H18F2N4O/c1-10-19-16(21-20-10)14-4-2-3-7-22(14)15(23)9-11-8-12(17)5-6-13(11)18/h5-6,8,14H,2-4,7,9H2,1H3,(H,19,20,21)/t14-/m0/s1. The highest BCUT2D eigenvalue weighted by Crippen LogP contribution is 2.29. The summed E-state index contributed by atoms with van der Waals surface area (Å²) in [5.74, 6) is -0.0814. The van der Waals surface area contributed by atoms with Crippen LogP contribution in [-0.2, 0) is 11.2 Å². The molecule has 1 N–H and O–H groups in total. The predicted molar refractivity (Wildman–Crippen MR) is 79.5 cm³/mol. The molecule has 1 aromatic heterocycles. The Morgan fingerprint density at radius 2 is 2.22 bits per heavy atom. The number of amides is 1. The summed E-state index contributed by atoms with van der Waals surface area (Å²) in [5.41, 5.74) is 0.0745. The number of carbonyl (C=O) groups is 1. The summed E-state index contributed by atoms with van der Waals surface area (Å²) in [4.78, 5) is 18.6. The Balaban J connectivity index is 1.80. The molecule has 7 heteroatoms. The quantitative estimate of drug-likeness (QED) is 0.946. The molecular weight excluding hydrogens is 302 g/mol. The van der Waals surface area contributed by atoms with Crippen LogP contribution in [0.15, 0.2) is 18.2 Å². The van der Waals surface area contributed by atoms with Crippen molar-refractivity contribution in [2.24, 2.45) is 0 Å². The number of aryl methyl sites for hydroxylation is 1. The molecule has 1 aliphatic heterocycles. The molecule has 0 spiro atoms. The molecule has 1 amide bonds. The first-order valence-corrected chi connectivity index (χ1v) is 7.67. The smallest absolute Gasteiger partial charge is 0.227 e. The molecule has 5 nitrogen and oxygen atoms in total. The van der Waals surface area contributed by atoms with Crippen molar-refractivity contribution in [2.75, 3.05) is 6.54 Å². The fourth-order valence-electron chi connectivity index (χ4n) is 2.95. The van der Waals surface area contributed by atoms with E-state index in [2.05, 4.69) is 15.2 Å². The number of hydrogen-bond acceptors (Lipinski definition) is 3. The van der Waals surface area contributed by atoms with Crippen molar-refractivity contribution in [1.29, 1.82) is 0 Å². The van der Waals surface area contributed by atoms with Gasteiger partial charge in [-0.2, -0.15) is 5.10 Å². The predicted octanol–water partition coefficient (Wildman–Crippen LogP) is 2.69. The van der Waals surface area contributed by atoms with Crippen LogP contribution in [0.1, 0.15) is 42.5 Å². The van der Waals surface area contributed by atoms with E-state index in [4.69, 9.17) is 0 Å². The first-order valence-electron chi connectivity index (χ1n) is 7.67. The molecular formula is C16H18F2N4O. The topological polar surface area (TPSA) is 61.9 Å². The Labute approximate surface area is 132 Å². The highest BCUT2D eigenvalue weighted by atomic mass is 19.1. The van der Waals surface area contributed by atoms with Crippen molar-refractivity contribution >= 4 is 5.91 Å². The van der Waals surface area contributed by atoms with Crippen molar-refractivity contribution < 1.29 is 13.6 Å². The SMILES string of the molecule is Cc1nc([C@@H]2CCCCN2C(=O)Cc2cc(F)ccc2F)n[nH]1. The molecule has 1 aromatic carbocycles. The third-order valence-corrected chi connectivity index (χ3v) is 4.09. The van der Waals surface area contributed by atoms with Gasteiger partial charge >= 0.3 is 0 Å². The molecule has 23 heavy (non-hydrogen) atoms. The Morgan fingerprint density at radius 1 is 1.39 bits per heavy atom. The second-order valence-electron chi connectivity index (χ2n) is 5.79. The van der Waals surface area contributed by atoms with E-state index in [1.54, 1.807) is 11.8 Å². The van der Waals surface area contributed by atoms with Crippen LogP contribution in [0.4, 0.5) is 8.78 Å². The van der Waals surface area contributed by atoms with Crippen LogP contribution < -0.4 is 0 Å². The van der Waals surface area contributed by atoms with Crippen molar-refractivity contribution in [1.82, 2.24) is 20.1 Å². The minimum atomic E-state index is -0.568. The van der Waals surface area contributed by atoms with E-state index in [1.807, 2.05) is 0 Å². The number of carbonyl (C=O) groups excluding carboxylic acids is 1. The van der Waals surface area contributed by atoms with Gasteiger partial charge in [0.1, 0.15) is 17.5 Å². The number of piperidine rings is 1. The first kappa shape index (κ1) is 15.6. The zero-order valence-electron chi connectivity index (χ0n) is 12.9. The average Bonchev–Trinajstić information content (AvgIpc) is 2.97. The van der Waals surface area contributed by atoms with E-state index in [9.17, 15) is 13.6 Å². The summed E-state index contributed by atoms with van der Waals surface area (Å²) in [5, 5.41) is 6.93. The van der Waals surface area contributed by atoms with Gasteiger partial charge in [0.05, 0.1) is 12.5 Å². The monoisotopic (exact) mass is 320 g/mol. The van der Waals surface area contributed by atoms with Crippen molar-refractivity contribution in [3.63, 3.8) is 0 Å². The molecule has 3 rings (SSSR count). The maximum absolute atomic E-state index is 13.8. The van der Waals surface area contributed by atoms with Gasteiger partial charge in [-0.3, -0.25) is 9.89 Å². The van der Waals surface area contributed by atoms with Crippen LogP contribution in [0.5, 0.6) is 0 Å². The minimum absolute atomic E-state index is 0.0745. The number of hydrogen-bond donors (Lipinski definition) is 1. The number of nitrogens with one attached hydrogen (secondary N) is 1. The fourth-order valence-corrected chi connectivity index (χ4v) is 2.95. The van der Waals surface area contributed by atoms with Gasteiger partial charge in [0, 0.05) is 12.1 Å². The lowest BCUT2D eigenvalue weighted by Crippen LogP contribution is -2.40. The van der Waals surface area contributed by atoms with E-state index < -0.39 is 11.6 Å². The number of H-pyrrole nitrogens is 1. The minimum Gasteiger partial charge on any atom is -0.332 e. The molecule has 2 heterocycles. The van der Waals surface area contributed by atoms with E-state index >= 15 is 0 Å². The lowest BCUT2D eigenvalue weighted by molar-refractivity contribution is -0.134. The van der Waals surface area contributed by atoms with E-state index in [1.165, 1.54) is 0 Å². The normalized spacial score (nSPS) is 18.2. The zero-order chi connectivity index (χ0) is 16.4. The van der Waals surface area contributed by atoms with Crippen LogP contribution >= 0.6 is 0 Å². The van der Waals surface area contributed by atoms with Gasteiger partial charge in [-0.25, -0.2) is 13.8 Å². The molecule has 122 valence electrons. The Hall–Kier alpha value is -2.31. The number of nitrogens with zero attached hydrogens (tertiary/aromatic N) is 3. The van der Waals surface area contributed by atoms with Gasteiger partial charge in [-0.1, -0.05) is 0 Å². The number of aromatic amines is 1. The van der Waals surface area contributed by atoms with Crippen molar-refractivity contribution in [3.05, 3.63) is 47.0 Å². The highest BCUT2D eigenvalue weighted by molar-refractivity contribution is 5.79. The molecule has 1 fully saturated rings. The summed E-state index contributed by atoms with van der Waals surface area (Å²) in [6.07, 6.45) is 2.48. The van der Waals surface area contributed by atoms with Crippen molar-refractivity contribution in [2.45, 2.75) is 38.6 Å². The Bertz CT molecular complexity index is 716. The van der Waals surface area contributed by atoms with Gasteiger partial charge < -0.3 is 4.90 Å². The molecule has 1 saturated heterocycles. The van der Waals surface area contributed by atoms with Crippen molar-refractivity contribution in [3.8, 4) is 0 Å². The number of likely N-dealkylation sites (tertiary alicyclic amines) is 1. The molecule has 0 bridgehead atoms. The molecule has 0 aliphatic carbocycles. The lowest BCUT2D eigenvalue weighted by Gasteiger charge is -2.34. The van der Waals surface area contributed by atoms with Crippen LogP contribution in [0.3, 0.4) is 0 Å². The molecule has 1 atom stereocenters. The van der Waals surface area contributed by atoms with Gasteiger partial charge in [0.15, 0.2) is 5.82 Å². The molecule has 1 aliphatic rings. The van der Waals surface area contributed by atoms with E-state index in [0.29, 0.717) is 18.2 Å². The molecule has 0 saturated carbocycles. The summed E-state index contributed by atoms with van der Waals surface area (Å²) in [6, 6.07) is 2.95. The summed E-state index contributed by atoms with van der Waals surface area (Å²) < 4.78 is 27.0. The average molecular weight is 320 g/mol. The van der Waals surface area contributed by atoms with Crippen LogP contribution in [0, 0.1) is 18.6 Å². The fraction of sp³-hybridized carbons (Fsp3) is 0.438. The third-order valence-electron chi connectivity index (χ3n) is 4.09. The van der Waals surface area contributed by atoms with E-state index in [0.717, 1.165) is 37.5 Å². The van der Waals surface area contributed by atoms with Gasteiger partial charge in [0.25, 0.3) is 0 Å². The number of halogens is 2. The van der Waals surface area contributed by atoms with Crippen LogP contribution in [-0.4, -0.2) is 32.5 Å². The molecule has 2 aromatic rings. The molecule has 0 radical (unpaired) electrons. The number of rotatable bonds is 3. The zero-order valence-corrected chi connectivity index (χ0v) is 12.9. The number of benzene rings is 1. The van der Waals surface area contributed by atoms with Gasteiger partial charge in [0.2, 0.25) is 5.91 Å². The summed E-state index contributed by atoms with van der Waals surface area (Å²) in [6.45, 7) is 2.38. The summed E-state index contributed by atoms with van der Waals surface area (Å²) >= 11 is 0. The maximum atomic E-state index is 13.8. The Kier molecular flexibility index (Phi) is 4.36. The van der Waals surface area contributed by atoms with Crippen LogP contribution in [0.2, 0.25) is 0 Å².